The van der Waals surface area contributed by atoms with Gasteiger partial charge in [-0.2, -0.15) is 0 Å². The Morgan fingerprint density at radius 3 is 2.32 bits per heavy atom. The molecule has 0 aromatic heterocycles. The molecule has 1 heterocycles. The lowest BCUT2D eigenvalue weighted by Gasteiger charge is -2.33. The number of piperidine rings is 1. The van der Waals surface area contributed by atoms with E-state index in [0.717, 1.165) is 12.8 Å². The Morgan fingerprint density at radius 1 is 1.06 bits per heavy atom. The summed E-state index contributed by atoms with van der Waals surface area (Å²) in [6.07, 6.45) is 2.01. The molecule has 2 N–H and O–H groups in total. The van der Waals surface area contributed by atoms with Gasteiger partial charge in [-0.25, -0.2) is 0 Å². The van der Waals surface area contributed by atoms with Gasteiger partial charge in [-0.3, -0.25) is 14.4 Å². The van der Waals surface area contributed by atoms with Crippen LogP contribution in [0, 0.1) is 5.92 Å². The second-order valence-electron chi connectivity index (χ2n) is 8.79. The quantitative estimate of drug-likeness (QED) is 0.593. The Bertz CT molecular complexity index is 1000. The maximum atomic E-state index is 12.9. The molecule has 1 fully saturated rings. The largest absolute Gasteiger partial charge is 0.489 e. The van der Waals surface area contributed by atoms with Crippen LogP contribution < -0.4 is 15.4 Å². The second kappa shape index (κ2) is 11.9. The van der Waals surface area contributed by atoms with E-state index >= 15 is 0 Å². The van der Waals surface area contributed by atoms with E-state index in [-0.39, 0.29) is 29.7 Å². The fourth-order valence-electron chi connectivity index (χ4n) is 4.11. The van der Waals surface area contributed by atoms with E-state index in [0.29, 0.717) is 41.4 Å². The Morgan fingerprint density at radius 2 is 1.74 bits per heavy atom. The summed E-state index contributed by atoms with van der Waals surface area (Å²) in [5, 5.41) is 5.83. The average molecular weight is 486 g/mol. The third-order valence-corrected chi connectivity index (χ3v) is 6.21. The fraction of sp³-hybridized carbons (Fsp3) is 0.423. The van der Waals surface area contributed by atoms with Crippen LogP contribution in [0.25, 0.3) is 0 Å². The zero-order valence-corrected chi connectivity index (χ0v) is 20.6. The molecule has 0 unspecified atom stereocenters. The summed E-state index contributed by atoms with van der Waals surface area (Å²) in [4.78, 5) is 39.9. The van der Waals surface area contributed by atoms with Gasteiger partial charge in [0.05, 0.1) is 11.1 Å². The van der Waals surface area contributed by atoms with Gasteiger partial charge in [0.25, 0.3) is 11.8 Å². The molecule has 1 saturated heterocycles. The third-order valence-electron chi connectivity index (χ3n) is 5.92. The lowest BCUT2D eigenvalue weighted by Crippen LogP contribution is -2.48. The van der Waals surface area contributed by atoms with Gasteiger partial charge >= 0.3 is 0 Å². The number of carbonyl (C=O) groups is 3. The first-order chi connectivity index (χ1) is 16.3. The zero-order chi connectivity index (χ0) is 24.7. The number of hydrogen-bond acceptors (Lipinski definition) is 4. The van der Waals surface area contributed by atoms with Crippen molar-refractivity contribution in [3.05, 3.63) is 64.7 Å². The van der Waals surface area contributed by atoms with E-state index < -0.39 is 6.04 Å². The van der Waals surface area contributed by atoms with Crippen LogP contribution in [0.1, 0.15) is 53.8 Å². The topological polar surface area (TPSA) is 87.7 Å². The Balaban J connectivity index is 1.59. The Kier molecular flexibility index (Phi) is 8.93. The molecule has 0 spiro atoms. The van der Waals surface area contributed by atoms with Crippen LogP contribution in [0.3, 0.4) is 0 Å². The van der Waals surface area contributed by atoms with Crippen molar-refractivity contribution >= 4 is 29.3 Å². The molecule has 34 heavy (non-hydrogen) atoms. The Labute approximate surface area is 205 Å². The molecular formula is C26H32ClN3O4. The predicted octanol–water partition coefficient (Wildman–Crippen LogP) is 3.91. The van der Waals surface area contributed by atoms with Crippen molar-refractivity contribution in [1.29, 1.82) is 0 Å². The number of nitrogens with zero attached hydrogens (tertiary/aromatic N) is 1. The van der Waals surface area contributed by atoms with E-state index in [1.165, 1.54) is 0 Å². The standard InChI is InChI=1S/C26H32ClN3O4/c1-17(2)34-23-10-9-20(16-21(23)27)24(31)29-22(25(32)28-3)15-18-11-13-30(14-12-18)26(33)19-7-5-4-6-8-19/h4-10,16-18,22H,11-15H2,1-3H3,(H,28,32)(H,29,31)/t22-/m0/s1. The van der Waals surface area contributed by atoms with Crippen molar-refractivity contribution < 1.29 is 19.1 Å². The number of likely N-dealkylation sites (N-methyl/N-ethyl adjacent to an activating group) is 1. The van der Waals surface area contributed by atoms with Crippen LogP contribution in [0.4, 0.5) is 0 Å². The second-order valence-corrected chi connectivity index (χ2v) is 9.20. The normalized spacial score (nSPS) is 15.0. The van der Waals surface area contributed by atoms with Gasteiger partial charge in [-0.05, 0) is 69.4 Å². The molecule has 3 amide bonds. The molecule has 0 saturated carbocycles. The number of carbonyl (C=O) groups excluding carboxylic acids is 3. The van der Waals surface area contributed by atoms with E-state index in [4.69, 9.17) is 16.3 Å². The molecule has 7 nitrogen and oxygen atoms in total. The molecule has 0 aliphatic carbocycles. The highest BCUT2D eigenvalue weighted by Gasteiger charge is 2.29. The van der Waals surface area contributed by atoms with Crippen molar-refractivity contribution in [2.75, 3.05) is 20.1 Å². The minimum Gasteiger partial charge on any atom is -0.489 e. The minimum atomic E-state index is -0.677. The minimum absolute atomic E-state index is 0.0250. The van der Waals surface area contributed by atoms with E-state index in [9.17, 15) is 14.4 Å². The molecular weight excluding hydrogens is 454 g/mol. The van der Waals surface area contributed by atoms with Crippen LogP contribution in [-0.2, 0) is 4.79 Å². The number of rotatable bonds is 8. The smallest absolute Gasteiger partial charge is 0.253 e. The highest BCUT2D eigenvalue weighted by atomic mass is 35.5. The summed E-state index contributed by atoms with van der Waals surface area (Å²) in [5.41, 5.74) is 1.04. The first-order valence-corrected chi connectivity index (χ1v) is 12.0. The zero-order valence-electron chi connectivity index (χ0n) is 19.8. The van der Waals surface area contributed by atoms with Crippen LogP contribution >= 0.6 is 11.6 Å². The number of amides is 3. The predicted molar refractivity (Wildman–Crippen MR) is 132 cm³/mol. The van der Waals surface area contributed by atoms with Gasteiger partial charge in [0, 0.05) is 31.3 Å². The molecule has 3 rings (SSSR count). The van der Waals surface area contributed by atoms with Gasteiger partial charge in [0.15, 0.2) is 0 Å². The third kappa shape index (κ3) is 6.73. The summed E-state index contributed by atoms with van der Waals surface area (Å²) in [6, 6.07) is 13.4. The van der Waals surface area contributed by atoms with Crippen molar-refractivity contribution in [1.82, 2.24) is 15.5 Å². The van der Waals surface area contributed by atoms with Gasteiger partial charge in [0.2, 0.25) is 5.91 Å². The highest BCUT2D eigenvalue weighted by Crippen LogP contribution is 2.27. The number of likely N-dealkylation sites (tertiary alicyclic amines) is 1. The first kappa shape index (κ1) is 25.6. The molecule has 1 aliphatic rings. The summed E-state index contributed by atoms with van der Waals surface area (Å²) < 4.78 is 5.61. The van der Waals surface area contributed by atoms with Crippen molar-refractivity contribution in [2.45, 2.75) is 45.3 Å². The molecule has 1 aliphatic heterocycles. The van der Waals surface area contributed by atoms with Gasteiger partial charge in [-0.15, -0.1) is 0 Å². The summed E-state index contributed by atoms with van der Waals surface area (Å²) in [7, 11) is 1.55. The van der Waals surface area contributed by atoms with Crippen molar-refractivity contribution in [2.24, 2.45) is 5.92 Å². The lowest BCUT2D eigenvalue weighted by molar-refractivity contribution is -0.123. The number of ether oxygens (including phenoxy) is 1. The van der Waals surface area contributed by atoms with Crippen LogP contribution in [0.15, 0.2) is 48.5 Å². The lowest BCUT2D eigenvalue weighted by atomic mass is 9.89. The van der Waals surface area contributed by atoms with Gasteiger partial charge in [-0.1, -0.05) is 29.8 Å². The van der Waals surface area contributed by atoms with Gasteiger partial charge in [0.1, 0.15) is 11.8 Å². The first-order valence-electron chi connectivity index (χ1n) is 11.6. The van der Waals surface area contributed by atoms with E-state index in [1.54, 1.807) is 25.2 Å². The monoisotopic (exact) mass is 485 g/mol. The van der Waals surface area contributed by atoms with Crippen LogP contribution in [0.5, 0.6) is 5.75 Å². The molecule has 1 atom stereocenters. The SMILES string of the molecule is CNC(=O)[C@H](CC1CCN(C(=O)c2ccccc2)CC1)NC(=O)c1ccc(OC(C)C)c(Cl)c1. The number of benzene rings is 2. The summed E-state index contributed by atoms with van der Waals surface area (Å²) >= 11 is 6.27. The summed E-state index contributed by atoms with van der Waals surface area (Å²) in [6.45, 7) is 5.04. The van der Waals surface area contributed by atoms with Crippen LogP contribution in [0.2, 0.25) is 5.02 Å². The van der Waals surface area contributed by atoms with Crippen molar-refractivity contribution in [3.8, 4) is 5.75 Å². The maximum absolute atomic E-state index is 12.9. The van der Waals surface area contributed by atoms with Gasteiger partial charge < -0.3 is 20.3 Å². The highest BCUT2D eigenvalue weighted by molar-refractivity contribution is 6.32. The maximum Gasteiger partial charge on any atom is 0.253 e. The molecule has 182 valence electrons. The molecule has 2 aromatic carbocycles. The van der Waals surface area contributed by atoms with E-state index in [2.05, 4.69) is 10.6 Å². The molecule has 0 radical (unpaired) electrons. The van der Waals surface area contributed by atoms with E-state index in [1.807, 2.05) is 49.1 Å². The molecule has 8 heteroatoms. The van der Waals surface area contributed by atoms with Crippen molar-refractivity contribution in [3.63, 3.8) is 0 Å². The molecule has 0 bridgehead atoms. The average Bonchev–Trinajstić information content (AvgIpc) is 2.84. The summed E-state index contributed by atoms with van der Waals surface area (Å²) in [5.74, 6) is 0.128. The number of nitrogens with one attached hydrogen (secondary N) is 2. The molecule has 2 aromatic rings. The Hall–Kier alpha value is -3.06. The number of halogens is 1. The van der Waals surface area contributed by atoms with Crippen LogP contribution in [-0.4, -0.2) is 54.9 Å². The number of hydrogen-bond donors (Lipinski definition) is 2. The fourth-order valence-corrected chi connectivity index (χ4v) is 4.33.